The highest BCUT2D eigenvalue weighted by Crippen LogP contribution is 2.22. The van der Waals surface area contributed by atoms with Crippen molar-refractivity contribution in [2.45, 2.75) is 26.3 Å². The normalized spacial score (nSPS) is 16.4. The molecule has 1 saturated heterocycles. The van der Waals surface area contributed by atoms with E-state index >= 15 is 0 Å². The van der Waals surface area contributed by atoms with Crippen molar-refractivity contribution in [2.24, 2.45) is 5.92 Å². The molecule has 1 amide bonds. The highest BCUT2D eigenvalue weighted by Gasteiger charge is 2.27. The lowest BCUT2D eigenvalue weighted by Gasteiger charge is -2.30. The number of benzene rings is 2. The van der Waals surface area contributed by atoms with Gasteiger partial charge >= 0.3 is 5.97 Å². The monoisotopic (exact) mass is 468 g/mol. The van der Waals surface area contributed by atoms with E-state index in [0.29, 0.717) is 47.7 Å². The lowest BCUT2D eigenvalue weighted by atomic mass is 9.97. The van der Waals surface area contributed by atoms with Gasteiger partial charge in [-0.2, -0.15) is 4.98 Å². The van der Waals surface area contributed by atoms with Crippen LogP contribution in [0.25, 0.3) is 11.4 Å². The first-order chi connectivity index (χ1) is 16.0. The predicted octanol–water partition coefficient (Wildman–Crippen LogP) is 4.42. The van der Waals surface area contributed by atoms with Crippen LogP contribution in [0.4, 0.5) is 5.69 Å². The standard InChI is InChI=1S/C24H25ClN4O4/c1-2-32-24(31)17-7-11-20(12-8-17)26-23(30)18-4-3-13-29(14-18)15-21-27-22(28-33-21)16-5-9-19(25)10-6-16/h5-12,18H,2-4,13-15H2,1H3,(H,26,30). The molecule has 1 N–H and O–H groups in total. The van der Waals surface area contributed by atoms with E-state index in [2.05, 4.69) is 20.4 Å². The van der Waals surface area contributed by atoms with Gasteiger partial charge in [0.15, 0.2) is 0 Å². The molecule has 9 heteroatoms. The van der Waals surface area contributed by atoms with Gasteiger partial charge in [0.25, 0.3) is 0 Å². The number of amides is 1. The van der Waals surface area contributed by atoms with Crippen LogP contribution < -0.4 is 5.32 Å². The molecule has 1 fully saturated rings. The number of rotatable bonds is 7. The van der Waals surface area contributed by atoms with Crippen molar-refractivity contribution < 1.29 is 18.8 Å². The molecule has 1 aliphatic rings. The maximum absolute atomic E-state index is 12.8. The lowest BCUT2D eigenvalue weighted by Crippen LogP contribution is -2.40. The summed E-state index contributed by atoms with van der Waals surface area (Å²) in [6.07, 6.45) is 1.71. The summed E-state index contributed by atoms with van der Waals surface area (Å²) in [6, 6.07) is 14.0. The van der Waals surface area contributed by atoms with Crippen LogP contribution in [-0.2, 0) is 16.1 Å². The molecular weight excluding hydrogens is 444 g/mol. The van der Waals surface area contributed by atoms with Crippen LogP contribution in [0.15, 0.2) is 53.1 Å². The molecule has 1 aromatic heterocycles. The van der Waals surface area contributed by atoms with E-state index in [0.717, 1.165) is 24.9 Å². The average molecular weight is 469 g/mol. The van der Waals surface area contributed by atoms with Crippen molar-refractivity contribution >= 4 is 29.2 Å². The fourth-order valence-corrected chi connectivity index (χ4v) is 3.91. The minimum absolute atomic E-state index is 0.0454. The van der Waals surface area contributed by atoms with Gasteiger partial charge in [-0.15, -0.1) is 0 Å². The number of halogens is 1. The molecular formula is C24H25ClN4O4. The molecule has 1 atom stereocenters. The Bertz CT molecular complexity index is 1100. The van der Waals surface area contributed by atoms with E-state index in [-0.39, 0.29) is 17.8 Å². The highest BCUT2D eigenvalue weighted by molar-refractivity contribution is 6.30. The fourth-order valence-electron chi connectivity index (χ4n) is 3.79. The SMILES string of the molecule is CCOC(=O)c1ccc(NC(=O)C2CCCN(Cc3nc(-c4ccc(Cl)cc4)no3)C2)cc1. The Morgan fingerprint density at radius 2 is 1.94 bits per heavy atom. The van der Waals surface area contributed by atoms with Gasteiger partial charge in [0, 0.05) is 22.8 Å². The molecule has 0 radical (unpaired) electrons. The summed E-state index contributed by atoms with van der Waals surface area (Å²) >= 11 is 5.93. The van der Waals surface area contributed by atoms with Gasteiger partial charge in [-0.25, -0.2) is 4.79 Å². The third kappa shape index (κ3) is 5.97. The minimum Gasteiger partial charge on any atom is -0.462 e. The first-order valence-electron chi connectivity index (χ1n) is 10.9. The maximum atomic E-state index is 12.8. The summed E-state index contributed by atoms with van der Waals surface area (Å²) in [4.78, 5) is 31.2. The third-order valence-electron chi connectivity index (χ3n) is 5.47. The van der Waals surface area contributed by atoms with Crippen LogP contribution in [0.3, 0.4) is 0 Å². The number of likely N-dealkylation sites (tertiary alicyclic amines) is 1. The van der Waals surface area contributed by atoms with Gasteiger partial charge in [0.1, 0.15) is 0 Å². The zero-order valence-electron chi connectivity index (χ0n) is 18.3. The third-order valence-corrected chi connectivity index (χ3v) is 5.72. The molecule has 8 nitrogen and oxygen atoms in total. The van der Waals surface area contributed by atoms with Crippen LogP contribution in [-0.4, -0.2) is 46.6 Å². The van der Waals surface area contributed by atoms with Crippen molar-refractivity contribution in [3.63, 3.8) is 0 Å². The van der Waals surface area contributed by atoms with Crippen LogP contribution in [0.1, 0.15) is 36.0 Å². The minimum atomic E-state index is -0.376. The first kappa shape index (κ1) is 22.9. The summed E-state index contributed by atoms with van der Waals surface area (Å²) < 4.78 is 10.4. The predicted molar refractivity (Wildman–Crippen MR) is 124 cm³/mol. The van der Waals surface area contributed by atoms with Gasteiger partial charge in [0.05, 0.1) is 24.6 Å². The molecule has 33 heavy (non-hydrogen) atoms. The fraction of sp³-hybridized carbons (Fsp3) is 0.333. The van der Waals surface area contributed by atoms with E-state index in [1.165, 1.54) is 0 Å². The highest BCUT2D eigenvalue weighted by atomic mass is 35.5. The Balaban J connectivity index is 1.32. The molecule has 0 saturated carbocycles. The second-order valence-corrected chi connectivity index (χ2v) is 8.32. The first-order valence-corrected chi connectivity index (χ1v) is 11.3. The largest absolute Gasteiger partial charge is 0.462 e. The number of carbonyl (C=O) groups is 2. The summed E-state index contributed by atoms with van der Waals surface area (Å²) in [7, 11) is 0. The number of carbonyl (C=O) groups excluding carboxylic acids is 2. The molecule has 4 rings (SSSR count). The summed E-state index contributed by atoms with van der Waals surface area (Å²) in [6.45, 7) is 4.03. The Hall–Kier alpha value is -3.23. The number of nitrogens with zero attached hydrogens (tertiary/aromatic N) is 3. The summed E-state index contributed by atoms with van der Waals surface area (Å²) in [5.41, 5.74) is 1.94. The van der Waals surface area contributed by atoms with E-state index < -0.39 is 0 Å². The topological polar surface area (TPSA) is 97.6 Å². The number of hydrogen-bond acceptors (Lipinski definition) is 7. The van der Waals surface area contributed by atoms with E-state index in [1.54, 1.807) is 43.3 Å². The van der Waals surface area contributed by atoms with E-state index in [9.17, 15) is 9.59 Å². The van der Waals surface area contributed by atoms with Gasteiger partial charge in [-0.1, -0.05) is 16.8 Å². The van der Waals surface area contributed by atoms with Gasteiger partial charge in [0.2, 0.25) is 17.6 Å². The number of anilines is 1. The molecule has 2 aromatic carbocycles. The zero-order chi connectivity index (χ0) is 23.2. The Kier molecular flexibility index (Phi) is 7.36. The number of ether oxygens (including phenoxy) is 1. The summed E-state index contributed by atoms with van der Waals surface area (Å²) in [5.74, 6) is 0.450. The second kappa shape index (κ2) is 10.6. The van der Waals surface area contributed by atoms with Crippen molar-refractivity contribution in [1.29, 1.82) is 0 Å². The molecule has 1 unspecified atom stereocenters. The van der Waals surface area contributed by atoms with Crippen LogP contribution in [0.5, 0.6) is 0 Å². The molecule has 3 aromatic rings. The zero-order valence-corrected chi connectivity index (χ0v) is 19.0. The quantitative estimate of drug-likeness (QED) is 0.512. The van der Waals surface area contributed by atoms with Crippen molar-refractivity contribution in [3.8, 4) is 11.4 Å². The van der Waals surface area contributed by atoms with Crippen molar-refractivity contribution in [1.82, 2.24) is 15.0 Å². The average Bonchev–Trinajstić information content (AvgIpc) is 3.28. The van der Waals surface area contributed by atoms with Crippen LogP contribution in [0.2, 0.25) is 5.02 Å². The molecule has 2 heterocycles. The van der Waals surface area contributed by atoms with Gasteiger partial charge in [-0.3, -0.25) is 9.69 Å². The van der Waals surface area contributed by atoms with Gasteiger partial charge < -0.3 is 14.6 Å². The van der Waals surface area contributed by atoms with Crippen LogP contribution in [0, 0.1) is 5.92 Å². The Labute approximate surface area is 196 Å². The number of piperidine rings is 1. The van der Waals surface area contributed by atoms with Crippen LogP contribution >= 0.6 is 11.6 Å². The number of nitrogens with one attached hydrogen (secondary N) is 1. The Morgan fingerprint density at radius 1 is 1.18 bits per heavy atom. The molecule has 0 aliphatic carbocycles. The van der Waals surface area contributed by atoms with Crippen molar-refractivity contribution in [3.05, 3.63) is 65.0 Å². The van der Waals surface area contributed by atoms with Crippen molar-refractivity contribution in [2.75, 3.05) is 25.0 Å². The maximum Gasteiger partial charge on any atom is 0.338 e. The molecule has 172 valence electrons. The second-order valence-electron chi connectivity index (χ2n) is 7.88. The van der Waals surface area contributed by atoms with E-state index in [1.807, 2.05) is 12.1 Å². The van der Waals surface area contributed by atoms with E-state index in [4.69, 9.17) is 20.9 Å². The molecule has 0 spiro atoms. The molecule has 0 bridgehead atoms. The smallest absolute Gasteiger partial charge is 0.338 e. The molecule has 1 aliphatic heterocycles. The number of hydrogen-bond donors (Lipinski definition) is 1. The Morgan fingerprint density at radius 3 is 2.67 bits per heavy atom. The summed E-state index contributed by atoms with van der Waals surface area (Å²) in [5, 5.41) is 7.65. The number of esters is 1. The lowest BCUT2D eigenvalue weighted by molar-refractivity contribution is -0.121. The number of aromatic nitrogens is 2. The van der Waals surface area contributed by atoms with Gasteiger partial charge in [-0.05, 0) is 74.8 Å².